The first-order chi connectivity index (χ1) is 28.7. The van der Waals surface area contributed by atoms with Crippen molar-refractivity contribution in [3.05, 3.63) is 220 Å². The van der Waals surface area contributed by atoms with Crippen LogP contribution in [-0.2, 0) is 0 Å². The fraction of sp³-hybridized carbons (Fsp3) is 0.0417. The van der Waals surface area contributed by atoms with E-state index in [1.54, 1.807) is 0 Å². The van der Waals surface area contributed by atoms with Gasteiger partial charge in [0.25, 0.3) is 0 Å². The SMILES string of the molecule is Brc1ccc(-n2c(-c3ccccc3)nnc2-c2ccccc2)cc1.CN(C)c1ccccc1.Cl/C(=N\N=C(/Cl)c1ccccc1)c1ccccc1.Nc1ccc(Br)cc1. The fourth-order valence-electron chi connectivity index (χ4n) is 5.21. The maximum atomic E-state index is 6.02. The molecule has 7 aromatic carbocycles. The van der Waals surface area contributed by atoms with Crippen molar-refractivity contribution >= 4 is 76.8 Å². The third kappa shape index (κ3) is 14.2. The van der Waals surface area contributed by atoms with Gasteiger partial charge in [0.1, 0.15) is 0 Å². The summed E-state index contributed by atoms with van der Waals surface area (Å²) in [5.74, 6) is 1.66. The molecule has 296 valence electrons. The normalized spacial score (nSPS) is 10.8. The Balaban J connectivity index is 0.000000165. The Hall–Kier alpha value is -5.84. The molecule has 0 fully saturated rings. The van der Waals surface area contributed by atoms with Crippen molar-refractivity contribution in [2.75, 3.05) is 24.7 Å². The Morgan fingerprint density at radius 2 is 0.831 bits per heavy atom. The van der Waals surface area contributed by atoms with Gasteiger partial charge in [0.2, 0.25) is 0 Å². The number of halogens is 4. The molecular weight excluding hydrogens is 905 g/mol. The third-order valence-corrected chi connectivity index (χ3v) is 9.85. The summed E-state index contributed by atoms with van der Waals surface area (Å²) in [6, 6.07) is 65.0. The van der Waals surface area contributed by atoms with Crippen LogP contribution in [0, 0.1) is 0 Å². The molecule has 8 aromatic rings. The number of aromatic nitrogens is 3. The number of nitrogens with two attached hydrogens (primary N) is 1. The topological polar surface area (TPSA) is 84.7 Å². The van der Waals surface area contributed by atoms with Gasteiger partial charge in [-0.3, -0.25) is 4.57 Å². The highest BCUT2D eigenvalue weighted by molar-refractivity contribution is 9.10. The predicted octanol–water partition coefficient (Wildman–Crippen LogP) is 13.4. The first-order valence-electron chi connectivity index (χ1n) is 18.3. The van der Waals surface area contributed by atoms with Gasteiger partial charge in [-0.05, 0) is 60.7 Å². The van der Waals surface area contributed by atoms with Gasteiger partial charge in [-0.15, -0.1) is 20.4 Å². The molecule has 0 aliphatic heterocycles. The van der Waals surface area contributed by atoms with E-state index in [0.29, 0.717) is 10.3 Å². The molecule has 0 radical (unpaired) electrons. The van der Waals surface area contributed by atoms with E-state index in [1.807, 2.05) is 190 Å². The minimum atomic E-state index is 0.310. The highest BCUT2D eigenvalue weighted by Crippen LogP contribution is 2.29. The lowest BCUT2D eigenvalue weighted by Gasteiger charge is -2.11. The first-order valence-corrected chi connectivity index (χ1v) is 20.7. The summed E-state index contributed by atoms with van der Waals surface area (Å²) in [4.78, 5) is 2.08. The summed E-state index contributed by atoms with van der Waals surface area (Å²) in [5.41, 5.74) is 12.2. The Morgan fingerprint density at radius 3 is 1.17 bits per heavy atom. The summed E-state index contributed by atoms with van der Waals surface area (Å²) < 4.78 is 4.20. The molecule has 0 bridgehead atoms. The number of para-hydroxylation sites is 1. The van der Waals surface area contributed by atoms with Crippen molar-refractivity contribution < 1.29 is 0 Å². The average Bonchev–Trinajstić information content (AvgIpc) is 3.74. The van der Waals surface area contributed by atoms with Gasteiger partial charge in [-0.1, -0.05) is 195 Å². The van der Waals surface area contributed by atoms with Gasteiger partial charge in [-0.2, -0.15) is 0 Å². The zero-order valence-corrected chi connectivity index (χ0v) is 37.0. The van der Waals surface area contributed by atoms with Crippen LogP contribution in [-0.4, -0.2) is 39.2 Å². The zero-order chi connectivity index (χ0) is 41.8. The largest absolute Gasteiger partial charge is 0.399 e. The number of nitrogen functional groups attached to an aromatic ring is 1. The lowest BCUT2D eigenvalue weighted by Crippen LogP contribution is -2.07. The monoisotopic (exact) mass is 943 g/mol. The second-order valence-corrected chi connectivity index (χ2v) is 15.2. The number of hydrogen-bond acceptors (Lipinski definition) is 6. The Morgan fingerprint density at radius 1 is 0.492 bits per heavy atom. The molecular formula is C48H41Br2Cl2N7. The molecule has 0 aliphatic rings. The van der Waals surface area contributed by atoms with Gasteiger partial charge >= 0.3 is 0 Å². The molecule has 2 N–H and O–H groups in total. The predicted molar refractivity (Wildman–Crippen MR) is 257 cm³/mol. The number of nitrogens with zero attached hydrogens (tertiary/aromatic N) is 6. The van der Waals surface area contributed by atoms with Crippen molar-refractivity contribution in [2.24, 2.45) is 10.2 Å². The number of hydrogen-bond donors (Lipinski definition) is 1. The van der Waals surface area contributed by atoms with Crippen LogP contribution in [0.1, 0.15) is 11.1 Å². The molecule has 0 saturated carbocycles. The van der Waals surface area contributed by atoms with E-state index >= 15 is 0 Å². The maximum absolute atomic E-state index is 6.02. The Labute approximate surface area is 372 Å². The molecule has 0 amide bonds. The standard InChI is InChI=1S/C20H14BrN3.C14H10Cl2N2.C8H11N.C6H6BrN/c21-17-11-13-18(14-12-17)24-19(15-7-3-1-4-8-15)22-23-20(24)16-9-5-2-6-10-16;15-13(11-7-3-1-4-8-11)17-18-14(16)12-9-5-2-6-10-12;1-9(2)8-6-4-3-5-7-8;7-5-1-3-6(8)4-2-5/h1-14H;1-10H;3-7H,1-2H3;1-4H,8H2/b;17-13-,18-14-;;. The van der Waals surface area contributed by atoms with Crippen LogP contribution in [0.3, 0.4) is 0 Å². The molecule has 1 heterocycles. The van der Waals surface area contributed by atoms with E-state index in [0.717, 1.165) is 54.2 Å². The Kier molecular flexibility index (Phi) is 17.7. The van der Waals surface area contributed by atoms with E-state index in [4.69, 9.17) is 28.9 Å². The van der Waals surface area contributed by atoms with Crippen molar-refractivity contribution in [3.8, 4) is 28.5 Å². The summed E-state index contributed by atoms with van der Waals surface area (Å²) in [5, 5.41) is 17.4. The molecule has 11 heteroatoms. The van der Waals surface area contributed by atoms with Crippen molar-refractivity contribution in [2.45, 2.75) is 0 Å². The van der Waals surface area contributed by atoms with Crippen LogP contribution in [0.15, 0.2) is 219 Å². The molecule has 59 heavy (non-hydrogen) atoms. The number of rotatable bonds is 7. The maximum Gasteiger partial charge on any atom is 0.168 e. The highest BCUT2D eigenvalue weighted by atomic mass is 79.9. The molecule has 0 atom stereocenters. The minimum absolute atomic E-state index is 0.310. The van der Waals surface area contributed by atoms with Gasteiger partial charge in [0.05, 0.1) is 0 Å². The average molecular weight is 947 g/mol. The fourth-order valence-corrected chi connectivity index (χ4v) is 6.07. The lowest BCUT2D eigenvalue weighted by atomic mass is 10.1. The minimum Gasteiger partial charge on any atom is -0.399 e. The van der Waals surface area contributed by atoms with Gasteiger partial charge < -0.3 is 10.6 Å². The first kappa shape index (κ1) is 44.3. The highest BCUT2D eigenvalue weighted by Gasteiger charge is 2.16. The van der Waals surface area contributed by atoms with Crippen molar-refractivity contribution in [3.63, 3.8) is 0 Å². The van der Waals surface area contributed by atoms with Crippen molar-refractivity contribution in [1.82, 2.24) is 14.8 Å². The molecule has 0 saturated heterocycles. The molecule has 0 unspecified atom stereocenters. The third-order valence-electron chi connectivity index (χ3n) is 8.20. The summed E-state index contributed by atoms with van der Waals surface area (Å²) >= 11 is 18.8. The Bertz CT molecular complexity index is 2350. The van der Waals surface area contributed by atoms with Gasteiger partial charge in [0.15, 0.2) is 22.0 Å². The molecule has 0 spiro atoms. The molecule has 7 nitrogen and oxygen atoms in total. The van der Waals surface area contributed by atoms with Crippen molar-refractivity contribution in [1.29, 1.82) is 0 Å². The van der Waals surface area contributed by atoms with E-state index in [1.165, 1.54) is 5.69 Å². The zero-order valence-electron chi connectivity index (χ0n) is 32.3. The van der Waals surface area contributed by atoms with Crippen LogP contribution >= 0.6 is 55.1 Å². The second kappa shape index (κ2) is 23.5. The quantitative estimate of drug-likeness (QED) is 0.0980. The molecule has 0 aliphatic carbocycles. The van der Waals surface area contributed by atoms with Crippen LogP contribution in [0.2, 0.25) is 0 Å². The van der Waals surface area contributed by atoms with E-state index < -0.39 is 0 Å². The van der Waals surface area contributed by atoms with Gasteiger partial charge in [-0.25, -0.2) is 0 Å². The van der Waals surface area contributed by atoms with Crippen LogP contribution in [0.25, 0.3) is 28.5 Å². The number of anilines is 2. The van der Waals surface area contributed by atoms with E-state index in [-0.39, 0.29) is 0 Å². The smallest absolute Gasteiger partial charge is 0.168 e. The summed E-state index contributed by atoms with van der Waals surface area (Å²) in [7, 11) is 4.07. The van der Waals surface area contributed by atoms with Gasteiger partial charge in [0, 0.05) is 62.4 Å². The van der Waals surface area contributed by atoms with E-state index in [2.05, 4.69) is 86.0 Å². The summed E-state index contributed by atoms with van der Waals surface area (Å²) in [6.07, 6.45) is 0. The van der Waals surface area contributed by atoms with Crippen LogP contribution in [0.4, 0.5) is 11.4 Å². The second-order valence-electron chi connectivity index (χ2n) is 12.7. The van der Waals surface area contributed by atoms with Crippen LogP contribution < -0.4 is 10.6 Å². The summed E-state index contributed by atoms with van der Waals surface area (Å²) in [6.45, 7) is 0. The molecule has 8 rings (SSSR count). The van der Waals surface area contributed by atoms with Crippen LogP contribution in [0.5, 0.6) is 0 Å². The lowest BCUT2D eigenvalue weighted by molar-refractivity contribution is 1.07. The number of benzene rings is 7. The van der Waals surface area contributed by atoms with E-state index in [9.17, 15) is 0 Å². The molecule has 1 aromatic heterocycles.